The topological polar surface area (TPSA) is 9.23 Å². The molecule has 0 saturated carbocycles. The average molecular weight is 237 g/mol. The third-order valence-corrected chi connectivity index (χ3v) is 2.63. The van der Waals surface area contributed by atoms with Crippen molar-refractivity contribution in [3.05, 3.63) is 29.3 Å². The highest BCUT2D eigenvalue weighted by molar-refractivity contribution is 6.17. The van der Waals surface area contributed by atoms with E-state index in [0.717, 1.165) is 5.56 Å². The zero-order valence-electron chi connectivity index (χ0n) is 7.64. The van der Waals surface area contributed by atoms with Gasteiger partial charge in [0.1, 0.15) is 5.75 Å². The van der Waals surface area contributed by atoms with Crippen LogP contribution in [0.2, 0.25) is 0 Å². The van der Waals surface area contributed by atoms with Gasteiger partial charge in [-0.15, -0.1) is 11.6 Å². The minimum Gasteiger partial charge on any atom is -0.480 e. The molecule has 0 N–H and O–H groups in total. The highest BCUT2D eigenvalue weighted by Crippen LogP contribution is 2.36. The summed E-state index contributed by atoms with van der Waals surface area (Å²) in [6.45, 7) is 0. The molecule has 1 atom stereocenters. The van der Waals surface area contributed by atoms with E-state index in [1.54, 1.807) is 18.2 Å². The number of fused-ring (bicyclic) bond motifs is 1. The Hall–Kier alpha value is -0.900. The number of benzene rings is 1. The van der Waals surface area contributed by atoms with Gasteiger partial charge in [-0.1, -0.05) is 12.1 Å². The molecule has 1 aliphatic rings. The summed E-state index contributed by atoms with van der Waals surface area (Å²) in [6.07, 6.45) is -6.14. The van der Waals surface area contributed by atoms with Crippen LogP contribution in [0.3, 0.4) is 0 Å². The summed E-state index contributed by atoms with van der Waals surface area (Å²) in [4.78, 5) is 0. The predicted octanol–water partition coefficient (Wildman–Crippen LogP) is 3.29. The van der Waals surface area contributed by atoms with E-state index < -0.39 is 12.3 Å². The lowest BCUT2D eigenvalue weighted by Gasteiger charge is -2.13. The standard InChI is InChI=1S/C10H8ClF3O/c11-5-6-1-2-8-7(3-6)4-9(15-8)10(12,13)14/h1-3,9H,4-5H2. The second-order valence-corrected chi connectivity index (χ2v) is 3.70. The van der Waals surface area contributed by atoms with E-state index >= 15 is 0 Å². The summed E-state index contributed by atoms with van der Waals surface area (Å²) >= 11 is 5.59. The summed E-state index contributed by atoms with van der Waals surface area (Å²) in [7, 11) is 0. The molecule has 0 amide bonds. The molecule has 0 aromatic heterocycles. The molecule has 1 aromatic rings. The maximum absolute atomic E-state index is 12.4. The van der Waals surface area contributed by atoms with Crippen LogP contribution >= 0.6 is 11.6 Å². The number of halogens is 4. The van der Waals surface area contributed by atoms with Gasteiger partial charge in [0.15, 0.2) is 6.10 Å². The Morgan fingerprint density at radius 2 is 2.13 bits per heavy atom. The van der Waals surface area contributed by atoms with Crippen molar-refractivity contribution >= 4 is 11.6 Å². The van der Waals surface area contributed by atoms with Crippen molar-refractivity contribution in [3.8, 4) is 5.75 Å². The number of hydrogen-bond donors (Lipinski definition) is 0. The molecular formula is C10H8ClF3O. The van der Waals surface area contributed by atoms with E-state index in [1.807, 2.05) is 0 Å². The number of hydrogen-bond acceptors (Lipinski definition) is 1. The fourth-order valence-corrected chi connectivity index (χ4v) is 1.73. The first-order valence-electron chi connectivity index (χ1n) is 4.42. The van der Waals surface area contributed by atoms with Crippen LogP contribution < -0.4 is 4.74 Å². The molecule has 2 rings (SSSR count). The Labute approximate surface area is 89.8 Å². The van der Waals surface area contributed by atoms with Gasteiger partial charge in [-0.25, -0.2) is 0 Å². The van der Waals surface area contributed by atoms with Crippen LogP contribution in [0, 0.1) is 0 Å². The fourth-order valence-electron chi connectivity index (χ4n) is 1.57. The molecule has 0 aliphatic carbocycles. The van der Waals surface area contributed by atoms with Crippen LogP contribution in [0.4, 0.5) is 13.2 Å². The van der Waals surface area contributed by atoms with Gasteiger partial charge >= 0.3 is 6.18 Å². The molecule has 0 radical (unpaired) electrons. The molecule has 0 saturated heterocycles. The van der Waals surface area contributed by atoms with Crippen LogP contribution in [0.15, 0.2) is 18.2 Å². The Kier molecular flexibility index (Phi) is 2.54. The normalized spacial score (nSPS) is 19.9. The third-order valence-electron chi connectivity index (χ3n) is 2.32. The van der Waals surface area contributed by atoms with Gasteiger partial charge in [-0.3, -0.25) is 0 Å². The zero-order valence-corrected chi connectivity index (χ0v) is 8.40. The van der Waals surface area contributed by atoms with Gasteiger partial charge in [0.2, 0.25) is 0 Å². The fraction of sp³-hybridized carbons (Fsp3) is 0.400. The van der Waals surface area contributed by atoms with Gasteiger partial charge < -0.3 is 4.74 Å². The zero-order chi connectivity index (χ0) is 11.1. The summed E-state index contributed by atoms with van der Waals surface area (Å²) in [6, 6.07) is 4.87. The molecule has 5 heteroatoms. The van der Waals surface area contributed by atoms with E-state index in [0.29, 0.717) is 17.2 Å². The third kappa shape index (κ3) is 2.04. The molecule has 0 spiro atoms. The highest BCUT2D eigenvalue weighted by atomic mass is 35.5. The van der Waals surface area contributed by atoms with E-state index in [2.05, 4.69) is 0 Å². The van der Waals surface area contributed by atoms with Crippen LogP contribution in [-0.2, 0) is 12.3 Å². The summed E-state index contributed by atoms with van der Waals surface area (Å²) in [5, 5.41) is 0. The molecule has 82 valence electrons. The second kappa shape index (κ2) is 3.59. The van der Waals surface area contributed by atoms with Crippen molar-refractivity contribution in [1.82, 2.24) is 0 Å². The number of rotatable bonds is 1. The van der Waals surface area contributed by atoms with Gasteiger partial charge in [0, 0.05) is 12.3 Å². The summed E-state index contributed by atoms with van der Waals surface area (Å²) in [5.41, 5.74) is 1.39. The van der Waals surface area contributed by atoms with Crippen molar-refractivity contribution in [2.45, 2.75) is 24.6 Å². The quantitative estimate of drug-likeness (QED) is 0.680. The second-order valence-electron chi connectivity index (χ2n) is 3.43. The highest BCUT2D eigenvalue weighted by Gasteiger charge is 2.45. The van der Waals surface area contributed by atoms with E-state index in [9.17, 15) is 13.2 Å². The van der Waals surface area contributed by atoms with Crippen LogP contribution in [-0.4, -0.2) is 12.3 Å². The maximum Gasteiger partial charge on any atom is 0.425 e. The molecule has 1 nitrogen and oxygen atoms in total. The Bertz CT molecular complexity index is 375. The Morgan fingerprint density at radius 1 is 1.40 bits per heavy atom. The minimum absolute atomic E-state index is 0.121. The molecule has 1 aromatic carbocycles. The molecule has 1 unspecified atom stereocenters. The number of alkyl halides is 4. The molecule has 0 bridgehead atoms. The molecule has 1 heterocycles. The lowest BCUT2D eigenvalue weighted by atomic mass is 10.1. The summed E-state index contributed by atoms with van der Waals surface area (Å²) in [5.74, 6) is 0.607. The first-order valence-corrected chi connectivity index (χ1v) is 4.95. The number of ether oxygens (including phenoxy) is 1. The monoisotopic (exact) mass is 236 g/mol. The van der Waals surface area contributed by atoms with Gasteiger partial charge in [-0.05, 0) is 17.2 Å². The van der Waals surface area contributed by atoms with Gasteiger partial charge in [0.05, 0.1) is 0 Å². The van der Waals surface area contributed by atoms with E-state index in [4.69, 9.17) is 16.3 Å². The molecule has 0 fully saturated rings. The van der Waals surface area contributed by atoms with Crippen LogP contribution in [0.5, 0.6) is 5.75 Å². The molecule has 1 aliphatic heterocycles. The smallest absolute Gasteiger partial charge is 0.425 e. The van der Waals surface area contributed by atoms with Crippen LogP contribution in [0.1, 0.15) is 11.1 Å². The van der Waals surface area contributed by atoms with Crippen LogP contribution in [0.25, 0.3) is 0 Å². The molecule has 15 heavy (non-hydrogen) atoms. The molecular weight excluding hydrogens is 229 g/mol. The average Bonchev–Trinajstić information content (AvgIpc) is 2.59. The van der Waals surface area contributed by atoms with Crippen molar-refractivity contribution in [3.63, 3.8) is 0 Å². The van der Waals surface area contributed by atoms with Crippen molar-refractivity contribution < 1.29 is 17.9 Å². The van der Waals surface area contributed by atoms with Gasteiger partial charge in [0.25, 0.3) is 0 Å². The largest absolute Gasteiger partial charge is 0.480 e. The Morgan fingerprint density at radius 3 is 2.73 bits per heavy atom. The lowest BCUT2D eigenvalue weighted by Crippen LogP contribution is -2.32. The Balaban J connectivity index is 2.24. The van der Waals surface area contributed by atoms with Gasteiger partial charge in [-0.2, -0.15) is 13.2 Å². The first-order chi connectivity index (χ1) is 7.00. The van der Waals surface area contributed by atoms with E-state index in [1.165, 1.54) is 0 Å². The first kappa shape index (κ1) is 10.6. The summed E-state index contributed by atoms with van der Waals surface area (Å²) < 4.78 is 41.9. The predicted molar refractivity (Wildman–Crippen MR) is 50.2 cm³/mol. The van der Waals surface area contributed by atoms with E-state index in [-0.39, 0.29) is 6.42 Å². The van der Waals surface area contributed by atoms with Crippen molar-refractivity contribution in [2.75, 3.05) is 0 Å². The maximum atomic E-state index is 12.4. The minimum atomic E-state index is -4.31. The lowest BCUT2D eigenvalue weighted by molar-refractivity contribution is -0.189. The SMILES string of the molecule is FC(F)(F)C1Cc2cc(CCl)ccc2O1. The van der Waals surface area contributed by atoms with Crippen molar-refractivity contribution in [2.24, 2.45) is 0 Å². The van der Waals surface area contributed by atoms with Crippen molar-refractivity contribution in [1.29, 1.82) is 0 Å².